The van der Waals surface area contributed by atoms with Crippen LogP contribution >= 0.6 is 0 Å². The summed E-state index contributed by atoms with van der Waals surface area (Å²) >= 11 is 0. The zero-order valence-corrected chi connectivity index (χ0v) is 15.6. The predicted molar refractivity (Wildman–Crippen MR) is 99.5 cm³/mol. The first kappa shape index (κ1) is 20.4. The van der Waals surface area contributed by atoms with Gasteiger partial charge in [0.1, 0.15) is 5.75 Å². The van der Waals surface area contributed by atoms with Crippen LogP contribution in [0, 0.1) is 0 Å². The van der Waals surface area contributed by atoms with Gasteiger partial charge in [-0.1, -0.05) is 0 Å². The summed E-state index contributed by atoms with van der Waals surface area (Å²) in [4.78, 5) is 14.5. The molecule has 0 atom stereocenters. The van der Waals surface area contributed by atoms with Crippen LogP contribution < -0.4 is 14.2 Å². The predicted octanol–water partition coefficient (Wildman–Crippen LogP) is 4.77. The van der Waals surface area contributed by atoms with E-state index in [1.807, 2.05) is 6.92 Å². The number of aromatic nitrogens is 1. The van der Waals surface area contributed by atoms with Crippen molar-refractivity contribution >= 4 is 16.9 Å². The summed E-state index contributed by atoms with van der Waals surface area (Å²) < 4.78 is 52.4. The normalized spacial score (nSPS) is 11.5. The fourth-order valence-corrected chi connectivity index (χ4v) is 3.10. The van der Waals surface area contributed by atoms with Crippen LogP contribution in [0.1, 0.15) is 12.5 Å². The lowest BCUT2D eigenvalue weighted by atomic mass is 10.0. The average Bonchev–Trinajstić information content (AvgIpc) is 2.98. The van der Waals surface area contributed by atoms with Gasteiger partial charge in [0.15, 0.2) is 11.5 Å². The number of alkyl halides is 3. The molecule has 9 heteroatoms. The van der Waals surface area contributed by atoms with E-state index in [2.05, 4.69) is 9.72 Å². The van der Waals surface area contributed by atoms with Gasteiger partial charge in [-0.2, -0.15) is 0 Å². The Morgan fingerprint density at radius 3 is 2.52 bits per heavy atom. The lowest BCUT2D eigenvalue weighted by Crippen LogP contribution is -2.17. The second-order valence-electron chi connectivity index (χ2n) is 6.10. The molecule has 2 N–H and O–H groups in total. The average molecular weight is 409 g/mol. The minimum absolute atomic E-state index is 0.331. The van der Waals surface area contributed by atoms with E-state index in [0.29, 0.717) is 45.8 Å². The van der Waals surface area contributed by atoms with E-state index in [9.17, 15) is 23.1 Å². The first-order valence-electron chi connectivity index (χ1n) is 8.65. The molecule has 0 aliphatic rings. The number of benzene rings is 2. The summed E-state index contributed by atoms with van der Waals surface area (Å²) in [6, 6.07) is 8.83. The molecule has 0 spiro atoms. The summed E-state index contributed by atoms with van der Waals surface area (Å²) in [6.07, 6.45) is -5.23. The van der Waals surface area contributed by atoms with E-state index in [0.717, 1.165) is 0 Å². The van der Waals surface area contributed by atoms with Gasteiger partial charge >= 0.3 is 12.3 Å². The van der Waals surface area contributed by atoms with Crippen molar-refractivity contribution in [3.05, 3.63) is 42.0 Å². The maximum atomic E-state index is 12.6. The van der Waals surface area contributed by atoms with Crippen molar-refractivity contribution in [1.29, 1.82) is 0 Å². The van der Waals surface area contributed by atoms with E-state index < -0.39 is 18.1 Å². The molecule has 0 bridgehead atoms. The number of methoxy groups -OCH3 is 1. The molecule has 6 nitrogen and oxygen atoms in total. The van der Waals surface area contributed by atoms with Crippen molar-refractivity contribution in [3.63, 3.8) is 0 Å². The van der Waals surface area contributed by atoms with Crippen molar-refractivity contribution in [2.24, 2.45) is 0 Å². The van der Waals surface area contributed by atoms with Crippen molar-refractivity contribution in [3.8, 4) is 28.5 Å². The van der Waals surface area contributed by atoms with E-state index in [4.69, 9.17) is 9.47 Å². The summed E-state index contributed by atoms with van der Waals surface area (Å²) in [6.45, 7) is 2.27. The molecule has 2 aromatic carbocycles. The van der Waals surface area contributed by atoms with Crippen molar-refractivity contribution in [1.82, 2.24) is 4.98 Å². The summed E-state index contributed by atoms with van der Waals surface area (Å²) in [7, 11) is 1.48. The molecule has 1 aromatic heterocycles. The Bertz CT molecular complexity index is 1040. The van der Waals surface area contributed by atoms with Crippen molar-refractivity contribution < 1.29 is 37.3 Å². The highest BCUT2D eigenvalue weighted by atomic mass is 19.4. The Balaban J connectivity index is 2.15. The molecule has 0 fully saturated rings. The van der Waals surface area contributed by atoms with E-state index in [-0.39, 0.29) is 6.42 Å². The second kappa shape index (κ2) is 7.94. The fraction of sp³-hybridized carbons (Fsp3) is 0.250. The van der Waals surface area contributed by atoms with Gasteiger partial charge in [-0.05, 0) is 48.9 Å². The molecule has 0 amide bonds. The summed E-state index contributed by atoms with van der Waals surface area (Å²) in [5.41, 5.74) is 1.90. The Morgan fingerprint density at radius 1 is 1.14 bits per heavy atom. The number of H-pyrrole nitrogens is 1. The largest absolute Gasteiger partial charge is 0.573 e. The smallest absolute Gasteiger partial charge is 0.493 e. The van der Waals surface area contributed by atoms with Crippen LogP contribution in [-0.4, -0.2) is 36.1 Å². The van der Waals surface area contributed by atoms with E-state index in [1.165, 1.54) is 25.3 Å². The highest BCUT2D eigenvalue weighted by Crippen LogP contribution is 2.38. The lowest BCUT2D eigenvalue weighted by molar-refractivity contribution is -0.274. The summed E-state index contributed by atoms with van der Waals surface area (Å²) in [5.74, 6) is -0.570. The number of aromatic amines is 1. The zero-order valence-electron chi connectivity index (χ0n) is 15.6. The molecular weight excluding hydrogens is 391 g/mol. The maximum absolute atomic E-state index is 12.6. The standard InChI is InChI=1S/C20H18F3NO5/c1-3-28-16-7-4-11(8-17(16)27-2)19-14(10-18(25)26)13-9-12(29-20(21,22)23)5-6-15(13)24-19/h4-9,24H,3,10H2,1-2H3,(H,25,26). The molecular formula is C20H18F3NO5. The SMILES string of the molecule is CCOc1ccc(-c2[nH]c3ccc(OC(F)(F)F)cc3c2CC(=O)O)cc1OC. The molecule has 3 aromatic rings. The molecule has 0 radical (unpaired) electrons. The van der Waals surface area contributed by atoms with Crippen LogP contribution in [0.2, 0.25) is 0 Å². The number of fused-ring (bicyclic) bond motifs is 1. The van der Waals surface area contributed by atoms with Crippen molar-refractivity contribution in [2.75, 3.05) is 13.7 Å². The molecule has 29 heavy (non-hydrogen) atoms. The van der Waals surface area contributed by atoms with Crippen LogP contribution in [0.5, 0.6) is 17.2 Å². The topological polar surface area (TPSA) is 80.8 Å². The quantitative estimate of drug-likeness (QED) is 0.588. The van der Waals surface area contributed by atoms with Gasteiger partial charge in [0, 0.05) is 16.5 Å². The molecule has 3 rings (SSSR count). The number of aliphatic carboxylic acids is 1. The van der Waals surface area contributed by atoms with Crippen LogP contribution in [-0.2, 0) is 11.2 Å². The maximum Gasteiger partial charge on any atom is 0.573 e. The first-order chi connectivity index (χ1) is 13.7. The number of hydrogen-bond donors (Lipinski definition) is 2. The van der Waals surface area contributed by atoms with Gasteiger partial charge in [-0.15, -0.1) is 13.2 Å². The molecule has 154 valence electrons. The molecule has 0 saturated heterocycles. The highest BCUT2D eigenvalue weighted by Gasteiger charge is 2.31. The molecule has 0 aliphatic carbocycles. The number of carbonyl (C=O) groups is 1. The van der Waals surface area contributed by atoms with Gasteiger partial charge in [-0.25, -0.2) is 0 Å². The van der Waals surface area contributed by atoms with Gasteiger partial charge < -0.3 is 24.3 Å². The zero-order chi connectivity index (χ0) is 21.2. The molecule has 0 saturated carbocycles. The van der Waals surface area contributed by atoms with Gasteiger partial charge in [0.2, 0.25) is 0 Å². The number of nitrogens with one attached hydrogen (secondary N) is 1. The number of hydrogen-bond acceptors (Lipinski definition) is 4. The van der Waals surface area contributed by atoms with Crippen LogP contribution in [0.15, 0.2) is 36.4 Å². The Morgan fingerprint density at radius 2 is 1.90 bits per heavy atom. The lowest BCUT2D eigenvalue weighted by Gasteiger charge is -2.11. The second-order valence-corrected chi connectivity index (χ2v) is 6.10. The van der Waals surface area contributed by atoms with Crippen LogP contribution in [0.25, 0.3) is 22.2 Å². The highest BCUT2D eigenvalue weighted by molar-refractivity contribution is 5.95. The fourth-order valence-electron chi connectivity index (χ4n) is 3.10. The Labute approximate surface area is 163 Å². The van der Waals surface area contributed by atoms with Gasteiger partial charge in [0.25, 0.3) is 0 Å². The third-order valence-corrected chi connectivity index (χ3v) is 4.19. The van der Waals surface area contributed by atoms with E-state index in [1.54, 1.807) is 18.2 Å². The number of carboxylic acid groups (broad SMARTS) is 1. The minimum Gasteiger partial charge on any atom is -0.493 e. The number of halogens is 3. The molecule has 0 unspecified atom stereocenters. The Hall–Kier alpha value is -3.36. The third-order valence-electron chi connectivity index (χ3n) is 4.19. The number of ether oxygens (including phenoxy) is 3. The third kappa shape index (κ3) is 4.56. The van der Waals surface area contributed by atoms with Crippen LogP contribution in [0.3, 0.4) is 0 Å². The van der Waals surface area contributed by atoms with Crippen LogP contribution in [0.4, 0.5) is 13.2 Å². The molecule has 1 heterocycles. The van der Waals surface area contributed by atoms with Crippen molar-refractivity contribution in [2.45, 2.75) is 19.7 Å². The van der Waals surface area contributed by atoms with E-state index >= 15 is 0 Å². The monoisotopic (exact) mass is 409 g/mol. The molecule has 0 aliphatic heterocycles. The Kier molecular flexibility index (Phi) is 5.58. The summed E-state index contributed by atoms with van der Waals surface area (Å²) in [5, 5.41) is 9.65. The number of rotatable bonds is 7. The van der Waals surface area contributed by atoms with Gasteiger partial charge in [0.05, 0.1) is 25.8 Å². The number of carboxylic acids is 1. The van der Waals surface area contributed by atoms with Gasteiger partial charge in [-0.3, -0.25) is 4.79 Å². The first-order valence-corrected chi connectivity index (χ1v) is 8.65. The minimum atomic E-state index is -4.84.